The van der Waals surface area contributed by atoms with E-state index in [-0.39, 0.29) is 5.91 Å². The number of carbonyl (C=O) groups is 1. The average molecular weight is 326 g/mol. The van der Waals surface area contributed by atoms with Gasteiger partial charge >= 0.3 is 0 Å². The van der Waals surface area contributed by atoms with E-state index in [0.717, 1.165) is 19.3 Å². The highest BCUT2D eigenvalue weighted by Crippen LogP contribution is 2.31. The molecule has 0 spiro atoms. The van der Waals surface area contributed by atoms with Gasteiger partial charge in [0.15, 0.2) is 5.69 Å². The molecule has 24 heavy (non-hydrogen) atoms. The van der Waals surface area contributed by atoms with Crippen LogP contribution in [0, 0.1) is 5.92 Å². The Hall–Kier alpha value is -2.17. The molecule has 5 heteroatoms. The number of pyridine rings is 1. The number of hydrogen-bond donors (Lipinski definition) is 0. The maximum absolute atomic E-state index is 12.4. The molecular formula is C19H26N4O. The molecule has 1 aliphatic rings. The van der Waals surface area contributed by atoms with Gasteiger partial charge in [0.25, 0.3) is 5.91 Å². The van der Waals surface area contributed by atoms with E-state index in [4.69, 9.17) is 0 Å². The van der Waals surface area contributed by atoms with Crippen molar-refractivity contribution in [3.05, 3.63) is 47.0 Å². The predicted molar refractivity (Wildman–Crippen MR) is 93.9 cm³/mol. The summed E-state index contributed by atoms with van der Waals surface area (Å²) in [7, 11) is 5.53. The molecule has 2 aromatic rings. The molecule has 0 aliphatic heterocycles. The Bertz CT molecular complexity index is 706. The van der Waals surface area contributed by atoms with Crippen molar-refractivity contribution in [3.8, 4) is 0 Å². The Labute approximate surface area is 143 Å². The molecule has 0 bridgehead atoms. The van der Waals surface area contributed by atoms with E-state index < -0.39 is 0 Å². The molecule has 0 saturated carbocycles. The fraction of sp³-hybridized carbons (Fsp3) is 0.526. The van der Waals surface area contributed by atoms with Crippen LogP contribution in [0.2, 0.25) is 0 Å². The summed E-state index contributed by atoms with van der Waals surface area (Å²) >= 11 is 0. The van der Waals surface area contributed by atoms with E-state index in [0.29, 0.717) is 11.6 Å². The van der Waals surface area contributed by atoms with Gasteiger partial charge in [-0.2, -0.15) is 5.10 Å². The van der Waals surface area contributed by atoms with Crippen molar-refractivity contribution in [2.75, 3.05) is 14.1 Å². The highest BCUT2D eigenvalue weighted by Gasteiger charge is 2.28. The molecule has 128 valence electrons. The molecule has 0 aromatic carbocycles. The van der Waals surface area contributed by atoms with Gasteiger partial charge < -0.3 is 4.90 Å². The quantitative estimate of drug-likeness (QED) is 0.849. The van der Waals surface area contributed by atoms with E-state index in [1.807, 2.05) is 30.2 Å². The van der Waals surface area contributed by atoms with Gasteiger partial charge in [0, 0.05) is 44.8 Å². The molecule has 1 aliphatic carbocycles. The van der Waals surface area contributed by atoms with E-state index in [1.54, 1.807) is 19.0 Å². The number of carbonyl (C=O) groups excluding carboxylic acids is 1. The molecule has 0 radical (unpaired) electrons. The van der Waals surface area contributed by atoms with E-state index >= 15 is 0 Å². The Morgan fingerprint density at radius 2 is 2.25 bits per heavy atom. The van der Waals surface area contributed by atoms with Crippen molar-refractivity contribution in [1.82, 2.24) is 19.7 Å². The van der Waals surface area contributed by atoms with Gasteiger partial charge in [0.05, 0.1) is 0 Å². The van der Waals surface area contributed by atoms with Gasteiger partial charge in [-0.15, -0.1) is 0 Å². The van der Waals surface area contributed by atoms with Crippen LogP contribution in [0.3, 0.4) is 0 Å². The monoisotopic (exact) mass is 326 g/mol. The van der Waals surface area contributed by atoms with Crippen molar-refractivity contribution in [1.29, 1.82) is 0 Å². The molecule has 0 fully saturated rings. The Balaban J connectivity index is 1.64. The summed E-state index contributed by atoms with van der Waals surface area (Å²) in [4.78, 5) is 18.2. The summed E-state index contributed by atoms with van der Waals surface area (Å²) in [6, 6.07) is 4.14. The number of aromatic nitrogens is 3. The van der Waals surface area contributed by atoms with Crippen LogP contribution in [0.1, 0.15) is 46.6 Å². The maximum Gasteiger partial charge on any atom is 0.274 e. The molecule has 3 rings (SSSR count). The Kier molecular flexibility index (Phi) is 4.97. The van der Waals surface area contributed by atoms with Crippen LogP contribution in [-0.4, -0.2) is 39.7 Å². The molecule has 0 N–H and O–H groups in total. The zero-order valence-corrected chi connectivity index (χ0v) is 14.8. The van der Waals surface area contributed by atoms with E-state index in [9.17, 15) is 4.79 Å². The smallest absolute Gasteiger partial charge is 0.274 e. The van der Waals surface area contributed by atoms with E-state index in [2.05, 4.69) is 16.1 Å². The lowest BCUT2D eigenvalue weighted by Gasteiger charge is -2.23. The van der Waals surface area contributed by atoms with E-state index in [1.165, 1.54) is 36.1 Å². The third-order valence-electron chi connectivity index (χ3n) is 4.97. The summed E-state index contributed by atoms with van der Waals surface area (Å²) in [6.45, 7) is 0. The number of hydrogen-bond acceptors (Lipinski definition) is 3. The normalized spacial score (nSPS) is 16.7. The molecule has 5 nitrogen and oxygen atoms in total. The summed E-state index contributed by atoms with van der Waals surface area (Å²) in [6.07, 6.45) is 10.4. The van der Waals surface area contributed by atoms with Gasteiger partial charge in [-0.25, -0.2) is 0 Å². The first-order valence-corrected chi connectivity index (χ1v) is 8.71. The van der Waals surface area contributed by atoms with Crippen LogP contribution < -0.4 is 0 Å². The maximum atomic E-state index is 12.4. The number of fused-ring (bicyclic) bond motifs is 1. The standard InChI is InChI=1S/C19H26N4O/c1-22(2)19(24)18-16-12-14(9-10-17(16)23(3)21-18)6-4-7-15-8-5-11-20-13-15/h5,8,11,13-14H,4,6-7,9-10,12H2,1-3H3. The van der Waals surface area contributed by atoms with Crippen LogP contribution in [0.4, 0.5) is 0 Å². The minimum absolute atomic E-state index is 0.0165. The average Bonchev–Trinajstić information content (AvgIpc) is 2.91. The first kappa shape index (κ1) is 16.7. The molecule has 2 heterocycles. The lowest BCUT2D eigenvalue weighted by atomic mass is 9.83. The van der Waals surface area contributed by atoms with Gasteiger partial charge in [0.1, 0.15) is 0 Å². The Morgan fingerprint density at radius 3 is 2.96 bits per heavy atom. The van der Waals surface area contributed by atoms with Gasteiger partial charge in [-0.1, -0.05) is 6.07 Å². The van der Waals surface area contributed by atoms with Crippen molar-refractivity contribution in [3.63, 3.8) is 0 Å². The molecule has 0 saturated heterocycles. The number of nitrogens with zero attached hydrogens (tertiary/aromatic N) is 4. The van der Waals surface area contributed by atoms with Crippen molar-refractivity contribution < 1.29 is 4.79 Å². The third-order valence-corrected chi connectivity index (χ3v) is 4.97. The third kappa shape index (κ3) is 3.50. The molecule has 1 unspecified atom stereocenters. The first-order chi connectivity index (χ1) is 11.6. The number of aryl methyl sites for hydroxylation is 2. The Morgan fingerprint density at radius 1 is 1.42 bits per heavy atom. The van der Waals surface area contributed by atoms with Crippen LogP contribution in [0.5, 0.6) is 0 Å². The van der Waals surface area contributed by atoms with Crippen LogP contribution >= 0.6 is 0 Å². The van der Waals surface area contributed by atoms with Crippen LogP contribution in [0.15, 0.2) is 24.5 Å². The van der Waals surface area contributed by atoms with Crippen molar-refractivity contribution >= 4 is 5.91 Å². The second kappa shape index (κ2) is 7.16. The van der Waals surface area contributed by atoms with Crippen molar-refractivity contribution in [2.24, 2.45) is 13.0 Å². The van der Waals surface area contributed by atoms with Crippen LogP contribution in [-0.2, 0) is 26.3 Å². The summed E-state index contributed by atoms with van der Waals surface area (Å²) in [5, 5.41) is 4.49. The lowest BCUT2D eigenvalue weighted by molar-refractivity contribution is 0.0819. The lowest BCUT2D eigenvalue weighted by Crippen LogP contribution is -2.24. The summed E-state index contributed by atoms with van der Waals surface area (Å²) in [5.74, 6) is 0.662. The molecular weight excluding hydrogens is 300 g/mol. The molecule has 1 amide bonds. The summed E-state index contributed by atoms with van der Waals surface area (Å²) in [5.41, 5.74) is 4.37. The topological polar surface area (TPSA) is 51.0 Å². The fourth-order valence-electron chi connectivity index (χ4n) is 3.63. The zero-order valence-electron chi connectivity index (χ0n) is 14.8. The zero-order chi connectivity index (χ0) is 17.1. The first-order valence-electron chi connectivity index (χ1n) is 8.71. The van der Waals surface area contributed by atoms with Crippen LogP contribution in [0.25, 0.3) is 0 Å². The largest absolute Gasteiger partial charge is 0.343 e. The molecule has 2 aromatic heterocycles. The SMILES string of the molecule is CN(C)C(=O)c1nn(C)c2c1CC(CCCc1cccnc1)CC2. The second-order valence-electron chi connectivity index (χ2n) is 6.96. The number of amides is 1. The summed E-state index contributed by atoms with van der Waals surface area (Å²) < 4.78 is 1.90. The highest BCUT2D eigenvalue weighted by molar-refractivity contribution is 5.93. The molecule has 1 atom stereocenters. The predicted octanol–water partition coefficient (Wildman–Crippen LogP) is 2.64. The second-order valence-corrected chi connectivity index (χ2v) is 6.96. The van der Waals surface area contributed by atoms with Gasteiger partial charge in [-0.05, 0) is 56.1 Å². The minimum Gasteiger partial charge on any atom is -0.343 e. The van der Waals surface area contributed by atoms with Gasteiger partial charge in [-0.3, -0.25) is 14.5 Å². The number of rotatable bonds is 5. The van der Waals surface area contributed by atoms with Crippen molar-refractivity contribution in [2.45, 2.75) is 38.5 Å². The minimum atomic E-state index is 0.0165. The van der Waals surface area contributed by atoms with Gasteiger partial charge in [0.2, 0.25) is 0 Å². The highest BCUT2D eigenvalue weighted by atomic mass is 16.2. The fourth-order valence-corrected chi connectivity index (χ4v) is 3.63.